The van der Waals surface area contributed by atoms with Crippen LogP contribution in [0.5, 0.6) is 5.75 Å². The largest absolute Gasteiger partial charge is 0.490 e. The highest BCUT2D eigenvalue weighted by atomic mass is 16.5. The van der Waals surface area contributed by atoms with E-state index in [1.54, 1.807) is 6.20 Å². The second kappa shape index (κ2) is 5.93. The van der Waals surface area contributed by atoms with Gasteiger partial charge in [-0.1, -0.05) is 6.07 Å². The molecule has 5 heteroatoms. The van der Waals surface area contributed by atoms with Crippen molar-refractivity contribution in [1.82, 2.24) is 15.3 Å². The molecule has 0 aromatic carbocycles. The number of rotatable bonds is 4. The maximum atomic E-state index is 5.91. The molecule has 0 amide bonds. The zero-order valence-corrected chi connectivity index (χ0v) is 12.5. The fraction of sp³-hybridized carbons (Fsp3) is 0.412. The molecular formula is C17H20N4O. The van der Waals surface area contributed by atoms with Crippen molar-refractivity contribution in [3.8, 4) is 5.75 Å². The first-order valence-corrected chi connectivity index (χ1v) is 7.93. The molecule has 0 spiro atoms. The molecule has 1 N–H and O–H groups in total. The van der Waals surface area contributed by atoms with Crippen molar-refractivity contribution >= 4 is 11.5 Å². The first-order chi connectivity index (χ1) is 10.9. The molecule has 0 unspecified atom stereocenters. The Bertz CT molecular complexity index is 655. The fourth-order valence-corrected chi connectivity index (χ4v) is 3.19. The van der Waals surface area contributed by atoms with E-state index in [0.717, 1.165) is 36.8 Å². The number of nitrogens with zero attached hydrogens (tertiary/aromatic N) is 3. The summed E-state index contributed by atoms with van der Waals surface area (Å²) in [4.78, 5) is 11.0. The molecule has 4 rings (SSSR count). The van der Waals surface area contributed by atoms with Crippen molar-refractivity contribution in [3.05, 3.63) is 42.4 Å². The summed E-state index contributed by atoms with van der Waals surface area (Å²) >= 11 is 0. The highest BCUT2D eigenvalue weighted by molar-refractivity contribution is 5.66. The number of pyridine rings is 2. The summed E-state index contributed by atoms with van der Waals surface area (Å²) in [5.74, 6) is 1.87. The van der Waals surface area contributed by atoms with Gasteiger partial charge in [0.1, 0.15) is 18.2 Å². The Kier molecular flexibility index (Phi) is 3.64. The van der Waals surface area contributed by atoms with Crippen LogP contribution in [0.1, 0.15) is 18.4 Å². The van der Waals surface area contributed by atoms with E-state index in [2.05, 4.69) is 32.3 Å². The maximum absolute atomic E-state index is 5.91. The predicted molar refractivity (Wildman–Crippen MR) is 85.7 cm³/mol. The fourth-order valence-electron chi connectivity index (χ4n) is 3.19. The third-order valence-electron chi connectivity index (χ3n) is 4.35. The molecule has 2 aromatic rings. The summed E-state index contributed by atoms with van der Waals surface area (Å²) in [5.41, 5.74) is 2.35. The quantitative estimate of drug-likeness (QED) is 0.938. The Morgan fingerprint density at radius 1 is 1.36 bits per heavy atom. The molecular weight excluding hydrogens is 276 g/mol. The lowest BCUT2D eigenvalue weighted by atomic mass is 10.2. The highest BCUT2D eigenvalue weighted by Gasteiger charge is 2.22. The van der Waals surface area contributed by atoms with E-state index in [1.807, 2.05) is 18.5 Å². The van der Waals surface area contributed by atoms with E-state index < -0.39 is 0 Å². The molecule has 114 valence electrons. The minimum absolute atomic E-state index is 0.470. The average Bonchev–Trinajstić information content (AvgIpc) is 3.23. The molecule has 0 bridgehead atoms. The molecule has 4 heterocycles. The van der Waals surface area contributed by atoms with Gasteiger partial charge in [0.2, 0.25) is 0 Å². The van der Waals surface area contributed by atoms with Gasteiger partial charge in [-0.15, -0.1) is 0 Å². The second-order valence-corrected chi connectivity index (χ2v) is 5.87. The lowest BCUT2D eigenvalue weighted by Gasteiger charge is -2.19. The number of hydrogen-bond donors (Lipinski definition) is 1. The zero-order valence-electron chi connectivity index (χ0n) is 12.5. The van der Waals surface area contributed by atoms with Gasteiger partial charge in [-0.2, -0.15) is 0 Å². The Morgan fingerprint density at radius 3 is 3.27 bits per heavy atom. The van der Waals surface area contributed by atoms with Gasteiger partial charge in [0.15, 0.2) is 0 Å². The van der Waals surface area contributed by atoms with Gasteiger partial charge < -0.3 is 15.0 Å². The van der Waals surface area contributed by atoms with Crippen LogP contribution in [0, 0.1) is 0 Å². The number of aromatic nitrogens is 2. The summed E-state index contributed by atoms with van der Waals surface area (Å²) in [6.45, 7) is 2.75. The molecule has 0 aliphatic carbocycles. The van der Waals surface area contributed by atoms with E-state index in [-0.39, 0.29) is 0 Å². The van der Waals surface area contributed by atoms with Crippen molar-refractivity contribution < 1.29 is 4.74 Å². The molecule has 1 fully saturated rings. The number of ether oxygens (including phenoxy) is 1. The third kappa shape index (κ3) is 2.64. The third-order valence-corrected chi connectivity index (χ3v) is 4.35. The lowest BCUT2D eigenvalue weighted by molar-refractivity contribution is 0.276. The first kappa shape index (κ1) is 13.5. The number of anilines is 2. The molecule has 1 atom stereocenters. The standard InChI is InChI=1S/C17H20N4O/c1-3-13-5-8-21(17(13)20-7-1)15-9-16(11-18-10-15)22-12-14-4-2-6-19-14/h1,3,7,9-11,14,19H,2,4-6,8,12H2/t14-/m0/s1. The van der Waals surface area contributed by atoms with E-state index in [9.17, 15) is 0 Å². The molecule has 1 saturated heterocycles. The number of hydrogen-bond acceptors (Lipinski definition) is 5. The van der Waals surface area contributed by atoms with Crippen molar-refractivity contribution in [3.63, 3.8) is 0 Å². The molecule has 2 aromatic heterocycles. The summed E-state index contributed by atoms with van der Waals surface area (Å²) in [7, 11) is 0. The Labute approximate surface area is 130 Å². The van der Waals surface area contributed by atoms with Crippen LogP contribution in [0.4, 0.5) is 11.5 Å². The molecule has 0 saturated carbocycles. The molecule has 2 aliphatic rings. The maximum Gasteiger partial charge on any atom is 0.139 e. The zero-order chi connectivity index (χ0) is 14.8. The first-order valence-electron chi connectivity index (χ1n) is 7.93. The molecule has 0 radical (unpaired) electrons. The highest BCUT2D eigenvalue weighted by Crippen LogP contribution is 2.33. The number of fused-ring (bicyclic) bond motifs is 1. The summed E-state index contributed by atoms with van der Waals surface area (Å²) in [6.07, 6.45) is 8.97. The van der Waals surface area contributed by atoms with Crippen LogP contribution in [-0.2, 0) is 6.42 Å². The summed E-state index contributed by atoms with van der Waals surface area (Å²) < 4.78 is 5.91. The Hall–Kier alpha value is -2.14. The Morgan fingerprint density at radius 2 is 2.36 bits per heavy atom. The van der Waals surface area contributed by atoms with Gasteiger partial charge in [-0.3, -0.25) is 4.98 Å². The van der Waals surface area contributed by atoms with Gasteiger partial charge in [0, 0.05) is 24.8 Å². The van der Waals surface area contributed by atoms with Gasteiger partial charge in [-0.05, 0) is 37.4 Å². The Balaban J connectivity index is 1.50. The van der Waals surface area contributed by atoms with Crippen LogP contribution in [0.2, 0.25) is 0 Å². The van der Waals surface area contributed by atoms with E-state index >= 15 is 0 Å². The monoisotopic (exact) mass is 296 g/mol. The minimum Gasteiger partial charge on any atom is -0.490 e. The summed E-state index contributed by atoms with van der Waals surface area (Å²) in [5, 5.41) is 3.44. The van der Waals surface area contributed by atoms with Crippen LogP contribution in [-0.4, -0.2) is 35.7 Å². The summed E-state index contributed by atoms with van der Waals surface area (Å²) in [6, 6.07) is 6.67. The molecule has 5 nitrogen and oxygen atoms in total. The minimum atomic E-state index is 0.470. The van der Waals surface area contributed by atoms with Crippen molar-refractivity contribution in [2.24, 2.45) is 0 Å². The predicted octanol–water partition coefficient (Wildman–Crippen LogP) is 2.30. The average molecular weight is 296 g/mol. The van der Waals surface area contributed by atoms with E-state index in [1.165, 1.54) is 18.4 Å². The van der Waals surface area contributed by atoms with Crippen molar-refractivity contribution in [2.75, 3.05) is 24.6 Å². The van der Waals surface area contributed by atoms with Crippen LogP contribution in [0.3, 0.4) is 0 Å². The second-order valence-electron chi connectivity index (χ2n) is 5.87. The molecule has 22 heavy (non-hydrogen) atoms. The van der Waals surface area contributed by atoms with Crippen LogP contribution in [0.15, 0.2) is 36.8 Å². The van der Waals surface area contributed by atoms with Gasteiger partial charge >= 0.3 is 0 Å². The van der Waals surface area contributed by atoms with E-state index in [0.29, 0.717) is 12.6 Å². The van der Waals surface area contributed by atoms with Crippen LogP contribution in [0.25, 0.3) is 0 Å². The van der Waals surface area contributed by atoms with Crippen LogP contribution < -0.4 is 15.0 Å². The smallest absolute Gasteiger partial charge is 0.139 e. The van der Waals surface area contributed by atoms with Gasteiger partial charge in [0.05, 0.1) is 18.1 Å². The van der Waals surface area contributed by atoms with Gasteiger partial charge in [0.25, 0.3) is 0 Å². The van der Waals surface area contributed by atoms with Crippen molar-refractivity contribution in [1.29, 1.82) is 0 Å². The van der Waals surface area contributed by atoms with Gasteiger partial charge in [-0.25, -0.2) is 4.98 Å². The topological polar surface area (TPSA) is 50.3 Å². The van der Waals surface area contributed by atoms with Crippen LogP contribution >= 0.6 is 0 Å². The van der Waals surface area contributed by atoms with E-state index in [4.69, 9.17) is 4.74 Å². The molecule has 2 aliphatic heterocycles. The SMILES string of the molecule is c1cnc2c(c1)CCN2c1cncc(OC[C@@H]2CCCN2)c1. The van der Waals surface area contributed by atoms with Crippen molar-refractivity contribution in [2.45, 2.75) is 25.3 Å². The normalized spacial score (nSPS) is 20.2. The lowest BCUT2D eigenvalue weighted by Crippen LogP contribution is -2.28. The number of nitrogens with one attached hydrogen (secondary N) is 1.